The molecule has 0 aromatic carbocycles. The Morgan fingerprint density at radius 2 is 2.18 bits per heavy atom. The normalized spacial score (nSPS) is 22.7. The summed E-state index contributed by atoms with van der Waals surface area (Å²) in [6.07, 6.45) is 10.5. The minimum Gasteiger partial charge on any atom is -0.322 e. The van der Waals surface area contributed by atoms with Gasteiger partial charge in [0.25, 0.3) is 0 Å². The van der Waals surface area contributed by atoms with Crippen LogP contribution >= 0.6 is 0 Å². The van der Waals surface area contributed by atoms with Crippen LogP contribution in [-0.2, 0) is 0 Å². The van der Waals surface area contributed by atoms with Gasteiger partial charge in [0.05, 0.1) is 0 Å². The van der Waals surface area contributed by atoms with Crippen molar-refractivity contribution in [3.63, 3.8) is 0 Å². The molecule has 2 N–H and O–H groups in total. The van der Waals surface area contributed by atoms with E-state index >= 15 is 0 Å². The van der Waals surface area contributed by atoms with E-state index in [1.54, 1.807) is 0 Å². The summed E-state index contributed by atoms with van der Waals surface area (Å²) in [6.45, 7) is 2.16. The summed E-state index contributed by atoms with van der Waals surface area (Å²) >= 11 is 0. The molecule has 1 aliphatic carbocycles. The Morgan fingerprint density at radius 3 is 2.91 bits per heavy atom. The zero-order chi connectivity index (χ0) is 8.10. The lowest BCUT2D eigenvalue weighted by Crippen LogP contribution is -2.25. The van der Waals surface area contributed by atoms with Crippen molar-refractivity contribution in [3.05, 3.63) is 36.1 Å². The van der Waals surface area contributed by atoms with Crippen LogP contribution in [0.2, 0.25) is 0 Å². The van der Waals surface area contributed by atoms with Crippen LogP contribution in [0.15, 0.2) is 36.1 Å². The van der Waals surface area contributed by atoms with Crippen LogP contribution in [0.3, 0.4) is 0 Å². The van der Waals surface area contributed by atoms with Crippen LogP contribution in [0.1, 0.15) is 6.92 Å². The maximum Gasteiger partial charge on any atom is 0.0484 e. The number of hydrazine groups is 1. The molecule has 0 bridgehead atoms. The maximum absolute atomic E-state index is 3.02. The molecule has 1 rings (SSSR count). The molecule has 0 amide bonds. The number of allylic oxidation sites excluding steroid dienone is 5. The van der Waals surface area contributed by atoms with Gasteiger partial charge in [0.15, 0.2) is 0 Å². The quantitative estimate of drug-likeness (QED) is 0.581. The van der Waals surface area contributed by atoms with Gasteiger partial charge in [0.1, 0.15) is 0 Å². The van der Waals surface area contributed by atoms with Gasteiger partial charge in [-0.25, -0.2) is 5.43 Å². The first-order chi connectivity index (χ1) is 5.33. The van der Waals surface area contributed by atoms with Crippen molar-refractivity contribution in [2.24, 2.45) is 5.92 Å². The third-order valence-corrected chi connectivity index (χ3v) is 1.54. The van der Waals surface area contributed by atoms with Crippen molar-refractivity contribution in [2.75, 3.05) is 7.05 Å². The molecule has 1 unspecified atom stereocenters. The minimum atomic E-state index is 0.530. The van der Waals surface area contributed by atoms with Crippen molar-refractivity contribution in [3.8, 4) is 0 Å². The fourth-order valence-corrected chi connectivity index (χ4v) is 0.937. The Morgan fingerprint density at radius 1 is 1.36 bits per heavy atom. The molecule has 0 aromatic rings. The predicted molar refractivity (Wildman–Crippen MR) is 47.7 cm³/mol. The van der Waals surface area contributed by atoms with Crippen LogP contribution in [0.25, 0.3) is 0 Å². The van der Waals surface area contributed by atoms with Crippen molar-refractivity contribution in [1.82, 2.24) is 10.9 Å². The van der Waals surface area contributed by atoms with Crippen LogP contribution in [0, 0.1) is 5.92 Å². The van der Waals surface area contributed by atoms with E-state index in [1.807, 2.05) is 13.1 Å². The molecular weight excluding hydrogens is 136 g/mol. The zero-order valence-corrected chi connectivity index (χ0v) is 6.96. The van der Waals surface area contributed by atoms with Gasteiger partial charge >= 0.3 is 0 Å². The first kappa shape index (κ1) is 8.08. The van der Waals surface area contributed by atoms with Crippen molar-refractivity contribution in [2.45, 2.75) is 6.92 Å². The van der Waals surface area contributed by atoms with E-state index in [9.17, 15) is 0 Å². The molecular formula is C9H14N2. The van der Waals surface area contributed by atoms with Gasteiger partial charge in [-0.15, -0.1) is 0 Å². The molecule has 0 radical (unpaired) electrons. The van der Waals surface area contributed by atoms with Crippen molar-refractivity contribution >= 4 is 0 Å². The van der Waals surface area contributed by atoms with Crippen LogP contribution < -0.4 is 10.9 Å². The molecule has 1 atom stereocenters. The van der Waals surface area contributed by atoms with Crippen molar-refractivity contribution < 1.29 is 0 Å². The van der Waals surface area contributed by atoms with E-state index in [4.69, 9.17) is 0 Å². The zero-order valence-electron chi connectivity index (χ0n) is 6.96. The molecule has 1 aliphatic rings. The number of nitrogens with one attached hydrogen (secondary N) is 2. The number of rotatable bonds is 2. The van der Waals surface area contributed by atoms with Crippen LogP contribution in [0.5, 0.6) is 0 Å². The molecule has 0 aliphatic heterocycles. The summed E-state index contributed by atoms with van der Waals surface area (Å²) in [5.74, 6) is 0.530. The van der Waals surface area contributed by atoms with Gasteiger partial charge in [-0.3, -0.25) is 0 Å². The van der Waals surface area contributed by atoms with Gasteiger partial charge in [-0.1, -0.05) is 25.2 Å². The lowest BCUT2D eigenvalue weighted by molar-refractivity contribution is 0.704. The van der Waals surface area contributed by atoms with Crippen LogP contribution in [0.4, 0.5) is 0 Å². The summed E-state index contributed by atoms with van der Waals surface area (Å²) in [5, 5.41) is 0. The highest BCUT2D eigenvalue weighted by Crippen LogP contribution is 2.06. The maximum atomic E-state index is 3.02. The second-order valence-electron chi connectivity index (χ2n) is 2.60. The SMILES string of the molecule is CNNC1=CC=CC(C)C=C1. The molecule has 2 heteroatoms. The Hall–Kier alpha value is -1.02. The fourth-order valence-electron chi connectivity index (χ4n) is 0.937. The Bertz CT molecular complexity index is 202. The summed E-state index contributed by atoms with van der Waals surface area (Å²) < 4.78 is 0. The third kappa shape index (κ3) is 2.60. The molecule has 11 heavy (non-hydrogen) atoms. The standard InChI is InChI=1S/C9H14N2/c1-8-4-3-5-9(7-6-8)11-10-2/h3-8,10-11H,1-2H3. The number of hydrogen-bond donors (Lipinski definition) is 2. The highest BCUT2D eigenvalue weighted by atomic mass is 15.3. The first-order valence-electron chi connectivity index (χ1n) is 3.82. The van der Waals surface area contributed by atoms with E-state index < -0.39 is 0 Å². The van der Waals surface area contributed by atoms with Crippen molar-refractivity contribution in [1.29, 1.82) is 0 Å². The molecule has 0 heterocycles. The van der Waals surface area contributed by atoms with Gasteiger partial charge in [-0.05, 0) is 18.1 Å². The van der Waals surface area contributed by atoms with Gasteiger partial charge in [-0.2, -0.15) is 0 Å². The summed E-state index contributed by atoms with van der Waals surface area (Å²) in [7, 11) is 1.85. The predicted octanol–water partition coefficient (Wildman–Crippen LogP) is 1.36. The lowest BCUT2D eigenvalue weighted by atomic mass is 10.2. The molecule has 2 nitrogen and oxygen atoms in total. The fraction of sp³-hybridized carbons (Fsp3) is 0.333. The Labute approximate surface area is 67.7 Å². The minimum absolute atomic E-state index is 0.530. The van der Waals surface area contributed by atoms with Crippen LogP contribution in [-0.4, -0.2) is 7.05 Å². The van der Waals surface area contributed by atoms with E-state index in [1.165, 1.54) is 0 Å². The number of hydrogen-bond acceptors (Lipinski definition) is 2. The summed E-state index contributed by atoms with van der Waals surface area (Å²) in [4.78, 5) is 0. The van der Waals surface area contributed by atoms with Gasteiger partial charge in [0.2, 0.25) is 0 Å². The average molecular weight is 150 g/mol. The Balaban J connectivity index is 2.61. The van der Waals surface area contributed by atoms with E-state index in [0.717, 1.165) is 5.70 Å². The smallest absolute Gasteiger partial charge is 0.0484 e. The average Bonchev–Trinajstić information content (AvgIpc) is 2.17. The summed E-state index contributed by atoms with van der Waals surface area (Å²) in [5.41, 5.74) is 6.99. The van der Waals surface area contributed by atoms with Gasteiger partial charge < -0.3 is 5.43 Å². The second-order valence-corrected chi connectivity index (χ2v) is 2.60. The van der Waals surface area contributed by atoms with Gasteiger partial charge in [0, 0.05) is 12.7 Å². The highest BCUT2D eigenvalue weighted by molar-refractivity contribution is 5.26. The highest BCUT2D eigenvalue weighted by Gasteiger charge is 1.94. The molecule has 0 spiro atoms. The molecule has 0 saturated carbocycles. The molecule has 0 fully saturated rings. The van der Waals surface area contributed by atoms with E-state index in [2.05, 4.69) is 42.1 Å². The monoisotopic (exact) mass is 150 g/mol. The van der Waals surface area contributed by atoms with E-state index in [-0.39, 0.29) is 0 Å². The lowest BCUT2D eigenvalue weighted by Gasteiger charge is -2.02. The molecule has 60 valence electrons. The van der Waals surface area contributed by atoms with E-state index in [0.29, 0.717) is 5.92 Å². The first-order valence-corrected chi connectivity index (χ1v) is 3.82. The largest absolute Gasteiger partial charge is 0.322 e. The molecule has 0 aromatic heterocycles. The molecule has 0 saturated heterocycles. The topological polar surface area (TPSA) is 24.1 Å². The Kier molecular flexibility index (Phi) is 2.93. The second kappa shape index (κ2) is 3.98. The summed E-state index contributed by atoms with van der Waals surface area (Å²) in [6, 6.07) is 0. The third-order valence-electron chi connectivity index (χ3n) is 1.54.